The quantitative estimate of drug-likeness (QED) is 0.281. The van der Waals surface area contributed by atoms with Gasteiger partial charge in [-0.25, -0.2) is 4.79 Å². The second kappa shape index (κ2) is 16.8. The Kier molecular flexibility index (Phi) is 15.2. The Morgan fingerprint density at radius 3 is 1.68 bits per heavy atom. The van der Waals surface area contributed by atoms with Gasteiger partial charge in [0.1, 0.15) is 0 Å². The molecular weight excluding hydrogens is 410 g/mol. The summed E-state index contributed by atoms with van der Waals surface area (Å²) in [5.41, 5.74) is 0. The van der Waals surface area contributed by atoms with E-state index in [1.54, 1.807) is 0 Å². The van der Waals surface area contributed by atoms with Crippen LogP contribution >= 0.6 is 0 Å². The minimum Gasteiger partial charge on any atom is -0.481 e. The van der Waals surface area contributed by atoms with E-state index in [1.165, 1.54) is 13.8 Å². The molecule has 0 saturated carbocycles. The molecule has 1 saturated heterocycles. The Labute approximate surface area is 181 Å². The first-order valence-corrected chi connectivity index (χ1v) is 10.4. The monoisotopic (exact) mass is 443 g/mol. The number of carbonyl (C=O) groups is 6. The summed E-state index contributed by atoms with van der Waals surface area (Å²) in [4.78, 5) is 69.5. The summed E-state index contributed by atoms with van der Waals surface area (Å²) >= 11 is 0. The van der Waals surface area contributed by atoms with Crippen LogP contribution in [0.25, 0.3) is 0 Å². The van der Waals surface area contributed by atoms with Crippen molar-refractivity contribution in [3.8, 4) is 0 Å². The maximum Gasteiger partial charge on any atom is 0.333 e. The maximum atomic E-state index is 11.4. The Hall–Kier alpha value is -2.98. The van der Waals surface area contributed by atoms with Crippen molar-refractivity contribution in [1.82, 2.24) is 15.7 Å². The third-order valence-electron chi connectivity index (χ3n) is 4.07. The van der Waals surface area contributed by atoms with Crippen LogP contribution < -0.4 is 10.6 Å². The van der Waals surface area contributed by atoms with Crippen molar-refractivity contribution < 1.29 is 38.7 Å². The standard InChI is InChI=1S/C12H18N2O5.C8H15NO3/c1-9(15)13-8-4-2-3-5-12(18)19-14-10(16)6-7-11(14)17;1-7(10)9-6-4-2-3-5-8(11)12/h2-8H2,1H3,(H,13,15);2-6H2,1H3,(H,9,10)(H,11,12). The van der Waals surface area contributed by atoms with Gasteiger partial charge in [-0.05, 0) is 25.7 Å². The first kappa shape index (κ1) is 28.0. The molecule has 1 fully saturated rings. The number of nitrogens with zero attached hydrogens (tertiary/aromatic N) is 1. The lowest BCUT2D eigenvalue weighted by Crippen LogP contribution is -2.31. The first-order valence-electron chi connectivity index (χ1n) is 10.4. The van der Waals surface area contributed by atoms with Crippen LogP contribution in [0.2, 0.25) is 0 Å². The predicted octanol–water partition coefficient (Wildman–Crippen LogP) is 1.06. The van der Waals surface area contributed by atoms with E-state index in [1.807, 2.05) is 0 Å². The van der Waals surface area contributed by atoms with Crippen LogP contribution in [0.4, 0.5) is 0 Å². The first-order chi connectivity index (χ1) is 14.6. The molecule has 11 heteroatoms. The minimum atomic E-state index is -0.755. The van der Waals surface area contributed by atoms with Crippen molar-refractivity contribution in [2.75, 3.05) is 13.1 Å². The van der Waals surface area contributed by atoms with Gasteiger partial charge in [-0.15, -0.1) is 5.06 Å². The Morgan fingerprint density at radius 2 is 1.26 bits per heavy atom. The lowest BCUT2D eigenvalue weighted by Gasteiger charge is -2.12. The lowest BCUT2D eigenvalue weighted by atomic mass is 10.2. The van der Waals surface area contributed by atoms with Crippen molar-refractivity contribution in [2.24, 2.45) is 0 Å². The van der Waals surface area contributed by atoms with E-state index in [2.05, 4.69) is 10.6 Å². The van der Waals surface area contributed by atoms with Crippen LogP contribution in [0, 0.1) is 0 Å². The molecule has 176 valence electrons. The molecule has 0 spiro atoms. The van der Waals surface area contributed by atoms with Crippen LogP contribution in [0.15, 0.2) is 0 Å². The number of hydrogen-bond donors (Lipinski definition) is 3. The summed E-state index contributed by atoms with van der Waals surface area (Å²) < 4.78 is 0. The van der Waals surface area contributed by atoms with E-state index in [0.717, 1.165) is 25.7 Å². The molecule has 0 radical (unpaired) electrons. The van der Waals surface area contributed by atoms with Crippen molar-refractivity contribution in [2.45, 2.75) is 78.1 Å². The molecule has 31 heavy (non-hydrogen) atoms. The largest absolute Gasteiger partial charge is 0.481 e. The second-order valence-corrected chi connectivity index (χ2v) is 7.03. The number of aliphatic carboxylic acids is 1. The van der Waals surface area contributed by atoms with E-state index in [-0.39, 0.29) is 37.5 Å². The average molecular weight is 443 g/mol. The molecule has 0 bridgehead atoms. The van der Waals surface area contributed by atoms with Crippen LogP contribution in [0.1, 0.15) is 78.1 Å². The van der Waals surface area contributed by atoms with Gasteiger partial charge >= 0.3 is 11.9 Å². The molecule has 0 aromatic heterocycles. The zero-order chi connectivity index (χ0) is 23.6. The lowest BCUT2D eigenvalue weighted by molar-refractivity contribution is -0.197. The Balaban J connectivity index is 0.000000649. The van der Waals surface area contributed by atoms with Gasteiger partial charge in [0.25, 0.3) is 11.8 Å². The summed E-state index contributed by atoms with van der Waals surface area (Å²) in [6.07, 6.45) is 5.09. The third kappa shape index (κ3) is 16.5. The van der Waals surface area contributed by atoms with Gasteiger partial charge in [0, 0.05) is 52.6 Å². The molecule has 0 aromatic carbocycles. The zero-order valence-corrected chi connectivity index (χ0v) is 18.2. The summed E-state index contributed by atoms with van der Waals surface area (Å²) in [7, 11) is 0. The van der Waals surface area contributed by atoms with Gasteiger partial charge in [-0.3, -0.25) is 24.0 Å². The van der Waals surface area contributed by atoms with E-state index >= 15 is 0 Å². The number of nitrogens with one attached hydrogen (secondary N) is 2. The van der Waals surface area contributed by atoms with Gasteiger partial charge < -0.3 is 20.6 Å². The molecule has 11 nitrogen and oxygen atoms in total. The number of carboxylic acid groups (broad SMARTS) is 1. The molecule has 0 atom stereocenters. The van der Waals surface area contributed by atoms with E-state index in [4.69, 9.17) is 9.94 Å². The summed E-state index contributed by atoms with van der Waals surface area (Å²) in [5.74, 6) is -2.38. The molecule has 1 aliphatic heterocycles. The van der Waals surface area contributed by atoms with Crippen molar-refractivity contribution in [1.29, 1.82) is 0 Å². The Morgan fingerprint density at radius 1 is 0.806 bits per heavy atom. The van der Waals surface area contributed by atoms with E-state index in [0.29, 0.717) is 31.0 Å². The smallest absolute Gasteiger partial charge is 0.333 e. The van der Waals surface area contributed by atoms with Crippen molar-refractivity contribution in [3.63, 3.8) is 0 Å². The van der Waals surface area contributed by atoms with Crippen LogP contribution in [0.5, 0.6) is 0 Å². The summed E-state index contributed by atoms with van der Waals surface area (Å²) in [5, 5.41) is 14.1. The molecular formula is C20H33N3O8. The fourth-order valence-electron chi connectivity index (χ4n) is 2.48. The molecule has 0 aromatic rings. The fraction of sp³-hybridized carbons (Fsp3) is 0.700. The second-order valence-electron chi connectivity index (χ2n) is 7.03. The maximum absolute atomic E-state index is 11.4. The van der Waals surface area contributed by atoms with Crippen molar-refractivity contribution in [3.05, 3.63) is 0 Å². The number of unbranched alkanes of at least 4 members (excludes halogenated alkanes) is 4. The molecule has 4 amide bonds. The third-order valence-corrected chi connectivity index (χ3v) is 4.07. The van der Waals surface area contributed by atoms with Crippen LogP contribution in [-0.4, -0.2) is 58.8 Å². The van der Waals surface area contributed by atoms with Gasteiger partial charge in [0.2, 0.25) is 11.8 Å². The minimum absolute atomic E-state index is 0.0340. The number of hydrogen-bond acceptors (Lipinski definition) is 7. The average Bonchev–Trinajstić information content (AvgIpc) is 2.99. The predicted molar refractivity (Wildman–Crippen MR) is 109 cm³/mol. The molecule has 1 heterocycles. The number of imide groups is 1. The highest BCUT2D eigenvalue weighted by atomic mass is 16.7. The number of hydroxylamine groups is 2. The molecule has 1 aliphatic rings. The summed E-state index contributed by atoms with van der Waals surface area (Å²) in [6.45, 7) is 4.14. The highest BCUT2D eigenvalue weighted by Gasteiger charge is 2.32. The fourth-order valence-corrected chi connectivity index (χ4v) is 2.48. The topological polar surface area (TPSA) is 159 Å². The highest BCUT2D eigenvalue weighted by molar-refractivity contribution is 6.01. The number of carboxylic acids is 1. The van der Waals surface area contributed by atoms with E-state index in [9.17, 15) is 28.8 Å². The zero-order valence-electron chi connectivity index (χ0n) is 18.2. The SMILES string of the molecule is CC(=O)NCCCCCC(=O)O.CC(=O)NCCCCCC(=O)ON1C(=O)CCC1=O. The van der Waals surface area contributed by atoms with Crippen molar-refractivity contribution >= 4 is 35.6 Å². The molecule has 0 unspecified atom stereocenters. The highest BCUT2D eigenvalue weighted by Crippen LogP contribution is 2.13. The molecule has 0 aliphatic carbocycles. The molecule has 3 N–H and O–H groups in total. The van der Waals surface area contributed by atoms with Gasteiger partial charge in [-0.2, -0.15) is 0 Å². The van der Waals surface area contributed by atoms with Crippen LogP contribution in [0.3, 0.4) is 0 Å². The van der Waals surface area contributed by atoms with E-state index < -0.39 is 23.8 Å². The van der Waals surface area contributed by atoms with Crippen LogP contribution in [-0.2, 0) is 33.6 Å². The Bertz CT molecular complexity index is 602. The molecule has 1 rings (SSSR count). The summed E-state index contributed by atoms with van der Waals surface area (Å²) in [6, 6.07) is 0. The van der Waals surface area contributed by atoms with Gasteiger partial charge in [-0.1, -0.05) is 12.8 Å². The number of rotatable bonds is 13. The van der Waals surface area contributed by atoms with Gasteiger partial charge in [0.05, 0.1) is 0 Å². The number of carbonyl (C=O) groups excluding carboxylic acids is 5. The normalized spacial score (nSPS) is 12.6. The number of amides is 4. The van der Waals surface area contributed by atoms with Gasteiger partial charge in [0.15, 0.2) is 0 Å².